The van der Waals surface area contributed by atoms with E-state index in [1.165, 1.54) is 11.1 Å². The number of ether oxygens (including phenoxy) is 1. The molecule has 0 radical (unpaired) electrons. The van der Waals surface area contributed by atoms with Crippen molar-refractivity contribution in [2.24, 2.45) is 11.0 Å². The zero-order valence-corrected chi connectivity index (χ0v) is 16.6. The Labute approximate surface area is 171 Å². The van der Waals surface area contributed by atoms with E-state index < -0.39 is 0 Å². The van der Waals surface area contributed by atoms with Crippen LogP contribution in [0.15, 0.2) is 90.0 Å². The molecule has 0 spiro atoms. The normalized spacial score (nSPS) is 17.4. The third kappa shape index (κ3) is 3.66. The van der Waals surface area contributed by atoms with Crippen LogP contribution in [0.25, 0.3) is 0 Å². The Balaban J connectivity index is 1.54. The van der Waals surface area contributed by atoms with Crippen molar-refractivity contribution in [1.82, 2.24) is 5.43 Å². The lowest BCUT2D eigenvalue weighted by atomic mass is 9.85. The van der Waals surface area contributed by atoms with Crippen LogP contribution in [0.4, 0.5) is 0 Å². The van der Waals surface area contributed by atoms with Gasteiger partial charge in [0.25, 0.3) is 0 Å². The van der Waals surface area contributed by atoms with Gasteiger partial charge in [-0.1, -0.05) is 60.7 Å². The molecule has 0 heterocycles. The summed E-state index contributed by atoms with van der Waals surface area (Å²) in [5.74, 6) is 0.601. The van der Waals surface area contributed by atoms with Gasteiger partial charge in [-0.2, -0.15) is 5.10 Å². The summed E-state index contributed by atoms with van der Waals surface area (Å²) >= 11 is 0. The molecule has 4 nitrogen and oxygen atoms in total. The molecule has 0 unspecified atom stereocenters. The van der Waals surface area contributed by atoms with E-state index in [2.05, 4.69) is 34.8 Å². The van der Waals surface area contributed by atoms with Gasteiger partial charge in [-0.3, -0.25) is 4.79 Å². The maximum Gasteiger partial charge on any atom is 0.244 e. The highest BCUT2D eigenvalue weighted by atomic mass is 16.5. The Morgan fingerprint density at radius 3 is 2.00 bits per heavy atom. The number of amides is 1. The Bertz CT molecular complexity index is 972. The highest BCUT2D eigenvalue weighted by molar-refractivity contribution is 5.99. The van der Waals surface area contributed by atoms with Crippen molar-refractivity contribution < 1.29 is 9.53 Å². The number of methoxy groups -OCH3 is 1. The number of carbonyl (C=O) groups is 1. The number of benzene rings is 3. The van der Waals surface area contributed by atoms with E-state index in [4.69, 9.17) is 4.74 Å². The first-order chi connectivity index (χ1) is 14.1. The molecule has 0 aliphatic heterocycles. The number of nitrogens with zero attached hydrogens (tertiary/aromatic N) is 1. The van der Waals surface area contributed by atoms with Crippen molar-refractivity contribution in [2.45, 2.75) is 18.8 Å². The monoisotopic (exact) mass is 384 g/mol. The molecular weight excluding hydrogens is 360 g/mol. The molecule has 1 aliphatic carbocycles. The van der Waals surface area contributed by atoms with E-state index in [1.54, 1.807) is 7.11 Å². The molecule has 1 amide bonds. The lowest BCUT2D eigenvalue weighted by Crippen LogP contribution is -2.26. The quantitative estimate of drug-likeness (QED) is 0.501. The summed E-state index contributed by atoms with van der Waals surface area (Å²) in [5.41, 5.74) is 6.54. The molecule has 0 saturated heterocycles. The number of hydrogen-bond acceptors (Lipinski definition) is 3. The second kappa shape index (κ2) is 7.92. The van der Waals surface area contributed by atoms with Crippen molar-refractivity contribution in [3.05, 3.63) is 102 Å². The fraction of sp³-hybridized carbons (Fsp3) is 0.200. The average Bonchev–Trinajstić information content (AvgIpc) is 3.56. The molecule has 4 heteroatoms. The number of hydrogen-bond donors (Lipinski definition) is 1. The predicted molar refractivity (Wildman–Crippen MR) is 115 cm³/mol. The van der Waals surface area contributed by atoms with Crippen molar-refractivity contribution in [3.63, 3.8) is 0 Å². The highest BCUT2D eigenvalue weighted by Crippen LogP contribution is 2.58. The van der Waals surface area contributed by atoms with E-state index in [0.717, 1.165) is 23.4 Å². The molecule has 1 N–H and O–H groups in total. The van der Waals surface area contributed by atoms with Gasteiger partial charge in [-0.25, -0.2) is 5.43 Å². The molecule has 1 saturated carbocycles. The minimum absolute atomic E-state index is 0.0504. The summed E-state index contributed by atoms with van der Waals surface area (Å²) in [4.78, 5) is 13.0. The zero-order chi connectivity index (χ0) is 20.3. The third-order valence-electron chi connectivity index (χ3n) is 5.70. The van der Waals surface area contributed by atoms with Gasteiger partial charge in [0.1, 0.15) is 5.75 Å². The van der Waals surface area contributed by atoms with Crippen LogP contribution in [0.2, 0.25) is 0 Å². The van der Waals surface area contributed by atoms with Crippen LogP contribution in [0, 0.1) is 5.92 Å². The Hall–Kier alpha value is -3.40. The Morgan fingerprint density at radius 2 is 1.48 bits per heavy atom. The summed E-state index contributed by atoms with van der Waals surface area (Å²) in [7, 11) is 1.64. The molecule has 4 rings (SSSR count). The molecule has 146 valence electrons. The lowest BCUT2D eigenvalue weighted by Gasteiger charge is -2.18. The molecular formula is C25H24N2O2. The van der Waals surface area contributed by atoms with Gasteiger partial charge >= 0.3 is 0 Å². The average molecular weight is 384 g/mol. The van der Waals surface area contributed by atoms with E-state index in [9.17, 15) is 4.79 Å². The number of rotatable bonds is 6. The van der Waals surface area contributed by atoms with E-state index >= 15 is 0 Å². The molecule has 1 atom stereocenters. The zero-order valence-electron chi connectivity index (χ0n) is 16.6. The summed E-state index contributed by atoms with van der Waals surface area (Å²) in [5, 5.41) is 4.34. The van der Waals surface area contributed by atoms with Crippen molar-refractivity contribution >= 4 is 11.6 Å². The van der Waals surface area contributed by atoms with Gasteiger partial charge in [0.2, 0.25) is 5.91 Å². The summed E-state index contributed by atoms with van der Waals surface area (Å²) in [6.45, 7) is 1.89. The van der Waals surface area contributed by atoms with Crippen LogP contribution in [-0.2, 0) is 10.2 Å². The molecule has 1 fully saturated rings. The Morgan fingerprint density at radius 1 is 0.931 bits per heavy atom. The maximum absolute atomic E-state index is 13.0. The van der Waals surface area contributed by atoms with Gasteiger partial charge in [-0.15, -0.1) is 0 Å². The van der Waals surface area contributed by atoms with Crippen LogP contribution < -0.4 is 10.2 Å². The molecule has 1 aliphatic rings. The van der Waals surface area contributed by atoms with Crippen molar-refractivity contribution in [1.29, 1.82) is 0 Å². The standard InChI is InChI=1S/C25H24N2O2/c1-18(19-13-15-22(29-2)16-14-19)26-27-24(28)23-17-25(23,20-9-5-3-6-10-20)21-11-7-4-8-12-21/h3-16,23H,17H2,1-2H3,(H,27,28)/b26-18+/t23-/m1/s1. The van der Waals surface area contributed by atoms with Crippen molar-refractivity contribution in [3.8, 4) is 5.75 Å². The number of nitrogens with one attached hydrogen (secondary N) is 1. The minimum atomic E-state index is -0.282. The minimum Gasteiger partial charge on any atom is -0.497 e. The van der Waals surface area contributed by atoms with Gasteiger partial charge in [-0.05, 0) is 54.3 Å². The maximum atomic E-state index is 13.0. The second-order valence-electron chi connectivity index (χ2n) is 7.36. The second-order valence-corrected chi connectivity index (χ2v) is 7.36. The van der Waals surface area contributed by atoms with Crippen LogP contribution >= 0.6 is 0 Å². The number of carbonyl (C=O) groups excluding carboxylic acids is 1. The fourth-order valence-corrected chi connectivity index (χ4v) is 3.97. The van der Waals surface area contributed by atoms with Crippen LogP contribution in [0.3, 0.4) is 0 Å². The van der Waals surface area contributed by atoms with Gasteiger partial charge in [0, 0.05) is 5.41 Å². The topological polar surface area (TPSA) is 50.7 Å². The van der Waals surface area contributed by atoms with E-state index in [-0.39, 0.29) is 17.2 Å². The molecule has 3 aromatic carbocycles. The fourth-order valence-electron chi connectivity index (χ4n) is 3.97. The van der Waals surface area contributed by atoms with Crippen molar-refractivity contribution in [2.75, 3.05) is 7.11 Å². The molecule has 0 aromatic heterocycles. The SMILES string of the molecule is COc1ccc(/C(C)=N/NC(=O)[C@H]2CC2(c2ccccc2)c2ccccc2)cc1. The van der Waals surface area contributed by atoms with E-state index in [1.807, 2.05) is 67.6 Å². The predicted octanol–water partition coefficient (Wildman–Crippen LogP) is 4.54. The first kappa shape index (κ1) is 18.9. The molecule has 29 heavy (non-hydrogen) atoms. The number of hydrazone groups is 1. The van der Waals surface area contributed by atoms with Gasteiger partial charge in [0.15, 0.2) is 0 Å². The summed E-state index contributed by atoms with van der Waals surface area (Å²) < 4.78 is 5.18. The van der Waals surface area contributed by atoms with Gasteiger partial charge < -0.3 is 4.74 Å². The summed E-state index contributed by atoms with van der Waals surface area (Å²) in [6.07, 6.45) is 0.782. The molecule has 3 aromatic rings. The Kier molecular flexibility index (Phi) is 5.17. The summed E-state index contributed by atoms with van der Waals surface area (Å²) in [6, 6.07) is 28.1. The van der Waals surface area contributed by atoms with Crippen LogP contribution in [0.5, 0.6) is 5.75 Å². The largest absolute Gasteiger partial charge is 0.497 e. The first-order valence-electron chi connectivity index (χ1n) is 9.75. The van der Waals surface area contributed by atoms with E-state index in [0.29, 0.717) is 0 Å². The lowest BCUT2D eigenvalue weighted by molar-refractivity contribution is -0.122. The van der Waals surface area contributed by atoms with Gasteiger partial charge in [0.05, 0.1) is 18.7 Å². The smallest absolute Gasteiger partial charge is 0.244 e. The third-order valence-corrected chi connectivity index (χ3v) is 5.70. The first-order valence-corrected chi connectivity index (χ1v) is 9.75. The van der Waals surface area contributed by atoms with Crippen LogP contribution in [-0.4, -0.2) is 18.7 Å². The highest BCUT2D eigenvalue weighted by Gasteiger charge is 2.60. The molecule has 0 bridgehead atoms. The van der Waals surface area contributed by atoms with Crippen LogP contribution in [0.1, 0.15) is 30.0 Å².